The lowest BCUT2D eigenvalue weighted by Crippen LogP contribution is -2.23. The maximum Gasteiger partial charge on any atom is 0.150 e. The SMILES string of the molecule is CCCCCCCCCCCc1nccn1CCC1=CC(N)=NC(N)S1. The lowest BCUT2D eigenvalue weighted by Gasteiger charge is -2.16. The predicted molar refractivity (Wildman–Crippen MR) is 113 cm³/mol. The van der Waals surface area contributed by atoms with Crippen molar-refractivity contribution in [3.63, 3.8) is 0 Å². The molecule has 0 aromatic carbocycles. The summed E-state index contributed by atoms with van der Waals surface area (Å²) in [5, 5.41) is 0. The Bertz CT molecular complexity index is 579. The third-order valence-corrected chi connectivity index (χ3v) is 5.73. The molecule has 1 atom stereocenters. The molecule has 6 heteroatoms. The number of hydrogen-bond acceptors (Lipinski definition) is 5. The van der Waals surface area contributed by atoms with Crippen LogP contribution in [0.2, 0.25) is 0 Å². The third-order valence-electron chi connectivity index (χ3n) is 4.76. The number of amidine groups is 1. The van der Waals surface area contributed by atoms with Crippen molar-refractivity contribution in [1.29, 1.82) is 0 Å². The molecule has 2 heterocycles. The van der Waals surface area contributed by atoms with Gasteiger partial charge in [-0.2, -0.15) is 0 Å². The molecule has 0 radical (unpaired) electrons. The van der Waals surface area contributed by atoms with E-state index < -0.39 is 0 Å². The average Bonchev–Trinajstić information content (AvgIpc) is 3.05. The van der Waals surface area contributed by atoms with Gasteiger partial charge in [-0.1, -0.05) is 70.1 Å². The quantitative estimate of drug-likeness (QED) is 0.493. The van der Waals surface area contributed by atoms with E-state index in [1.54, 1.807) is 11.8 Å². The zero-order valence-electron chi connectivity index (χ0n) is 16.2. The summed E-state index contributed by atoms with van der Waals surface area (Å²) in [6.07, 6.45) is 20.1. The molecule has 1 aliphatic rings. The molecule has 5 nitrogen and oxygen atoms in total. The van der Waals surface area contributed by atoms with Crippen LogP contribution in [0.3, 0.4) is 0 Å². The number of rotatable bonds is 13. The van der Waals surface area contributed by atoms with Crippen LogP contribution in [0.5, 0.6) is 0 Å². The molecule has 0 aliphatic carbocycles. The highest BCUT2D eigenvalue weighted by atomic mass is 32.2. The zero-order chi connectivity index (χ0) is 18.6. The van der Waals surface area contributed by atoms with Gasteiger partial charge in [0.1, 0.15) is 11.7 Å². The summed E-state index contributed by atoms with van der Waals surface area (Å²) in [5.41, 5.74) is 11.4. The highest BCUT2D eigenvalue weighted by Crippen LogP contribution is 2.26. The van der Waals surface area contributed by atoms with Crippen molar-refractivity contribution < 1.29 is 0 Å². The van der Waals surface area contributed by atoms with Gasteiger partial charge in [0, 0.05) is 25.4 Å². The van der Waals surface area contributed by atoms with Gasteiger partial charge in [0.05, 0.1) is 0 Å². The number of imidazole rings is 1. The molecule has 1 aromatic rings. The van der Waals surface area contributed by atoms with Crippen molar-refractivity contribution in [2.24, 2.45) is 16.5 Å². The Morgan fingerprint density at radius 2 is 1.73 bits per heavy atom. The number of hydrogen-bond donors (Lipinski definition) is 2. The van der Waals surface area contributed by atoms with E-state index in [1.165, 1.54) is 68.5 Å². The summed E-state index contributed by atoms with van der Waals surface area (Å²) in [6.45, 7) is 3.19. The van der Waals surface area contributed by atoms with Crippen LogP contribution in [0.25, 0.3) is 0 Å². The van der Waals surface area contributed by atoms with Crippen LogP contribution in [0.15, 0.2) is 28.4 Å². The summed E-state index contributed by atoms with van der Waals surface area (Å²) in [4.78, 5) is 9.86. The topological polar surface area (TPSA) is 82.2 Å². The average molecular weight is 378 g/mol. The lowest BCUT2D eigenvalue weighted by atomic mass is 10.1. The monoisotopic (exact) mass is 377 g/mol. The molecule has 2 rings (SSSR count). The maximum absolute atomic E-state index is 5.87. The van der Waals surface area contributed by atoms with E-state index in [0.717, 1.165) is 19.4 Å². The van der Waals surface area contributed by atoms with Gasteiger partial charge in [-0.15, -0.1) is 0 Å². The van der Waals surface area contributed by atoms with E-state index in [-0.39, 0.29) is 5.50 Å². The van der Waals surface area contributed by atoms with Gasteiger partial charge < -0.3 is 16.0 Å². The Hall–Kier alpha value is -1.27. The molecule has 1 unspecified atom stereocenters. The molecular weight excluding hydrogens is 342 g/mol. The van der Waals surface area contributed by atoms with Crippen LogP contribution in [-0.2, 0) is 13.0 Å². The first-order chi connectivity index (χ1) is 12.7. The molecule has 0 bridgehead atoms. The second kappa shape index (κ2) is 12.2. The number of allylic oxidation sites excluding steroid dienone is 1. The number of aliphatic imine (C=N–C) groups is 1. The highest BCUT2D eigenvalue weighted by molar-refractivity contribution is 8.03. The maximum atomic E-state index is 5.87. The van der Waals surface area contributed by atoms with Crippen LogP contribution in [0.4, 0.5) is 0 Å². The molecule has 0 fully saturated rings. The molecule has 0 saturated carbocycles. The van der Waals surface area contributed by atoms with Crippen molar-refractivity contribution in [2.75, 3.05) is 0 Å². The van der Waals surface area contributed by atoms with Crippen molar-refractivity contribution in [3.05, 3.63) is 29.2 Å². The molecule has 0 spiro atoms. The molecule has 26 heavy (non-hydrogen) atoms. The second-order valence-corrected chi connectivity index (χ2v) is 8.28. The first kappa shape index (κ1) is 21.0. The van der Waals surface area contributed by atoms with Gasteiger partial charge in [-0.25, -0.2) is 9.98 Å². The van der Waals surface area contributed by atoms with Crippen LogP contribution in [0.1, 0.15) is 77.0 Å². The van der Waals surface area contributed by atoms with E-state index in [9.17, 15) is 0 Å². The highest BCUT2D eigenvalue weighted by Gasteiger charge is 2.12. The summed E-state index contributed by atoms with van der Waals surface area (Å²) < 4.78 is 2.26. The third kappa shape index (κ3) is 7.96. The number of aromatic nitrogens is 2. The fourth-order valence-corrected chi connectivity index (χ4v) is 4.17. The van der Waals surface area contributed by atoms with Crippen molar-refractivity contribution in [1.82, 2.24) is 9.55 Å². The summed E-state index contributed by atoms with van der Waals surface area (Å²) in [7, 11) is 0. The fourth-order valence-electron chi connectivity index (χ4n) is 3.29. The van der Waals surface area contributed by atoms with Crippen LogP contribution >= 0.6 is 11.8 Å². The number of nitrogens with two attached hydrogens (primary N) is 2. The standard InChI is InChI=1S/C20H35N5S/c1-2-3-4-5-6-7-8-9-10-11-19-23-13-15-25(19)14-12-17-16-18(21)24-20(22)26-17/h13,15-16,20H,2-12,14,22H2,1H3,(H2,21,24). The smallest absolute Gasteiger partial charge is 0.150 e. The van der Waals surface area contributed by atoms with Gasteiger partial charge in [-0.05, 0) is 23.8 Å². The Labute approximate surface area is 162 Å². The van der Waals surface area contributed by atoms with Crippen molar-refractivity contribution >= 4 is 17.6 Å². The van der Waals surface area contributed by atoms with Crippen molar-refractivity contribution in [3.8, 4) is 0 Å². The summed E-state index contributed by atoms with van der Waals surface area (Å²) in [6, 6.07) is 0. The van der Waals surface area contributed by atoms with Gasteiger partial charge in [0.2, 0.25) is 0 Å². The zero-order valence-corrected chi connectivity index (χ0v) is 17.0. The molecule has 0 saturated heterocycles. The lowest BCUT2D eigenvalue weighted by molar-refractivity contribution is 0.555. The normalized spacial score (nSPS) is 17.2. The summed E-state index contributed by atoms with van der Waals surface area (Å²) >= 11 is 1.59. The van der Waals surface area contributed by atoms with Gasteiger partial charge in [0.25, 0.3) is 0 Å². The minimum atomic E-state index is -0.265. The van der Waals surface area contributed by atoms with Crippen LogP contribution in [-0.4, -0.2) is 20.9 Å². The van der Waals surface area contributed by atoms with E-state index in [1.807, 2.05) is 12.3 Å². The Morgan fingerprint density at radius 1 is 1.04 bits per heavy atom. The van der Waals surface area contributed by atoms with Gasteiger partial charge in [0.15, 0.2) is 5.50 Å². The fraction of sp³-hybridized carbons (Fsp3) is 0.700. The molecule has 146 valence electrons. The van der Waals surface area contributed by atoms with Gasteiger partial charge >= 0.3 is 0 Å². The number of aryl methyl sites for hydroxylation is 2. The van der Waals surface area contributed by atoms with Gasteiger partial charge in [-0.3, -0.25) is 0 Å². The Balaban J connectivity index is 1.62. The second-order valence-electron chi connectivity index (χ2n) is 7.04. The predicted octanol–water partition coefficient (Wildman–Crippen LogP) is 4.58. The van der Waals surface area contributed by atoms with E-state index >= 15 is 0 Å². The minimum Gasteiger partial charge on any atom is -0.384 e. The van der Waals surface area contributed by atoms with Crippen LogP contribution < -0.4 is 11.5 Å². The van der Waals surface area contributed by atoms with Crippen molar-refractivity contribution in [2.45, 2.75) is 89.6 Å². The van der Waals surface area contributed by atoms with E-state index in [2.05, 4.69) is 27.7 Å². The first-order valence-electron chi connectivity index (χ1n) is 10.1. The first-order valence-corrected chi connectivity index (χ1v) is 11.0. The van der Waals surface area contributed by atoms with Crippen LogP contribution in [0, 0.1) is 0 Å². The largest absolute Gasteiger partial charge is 0.384 e. The molecular formula is C20H35N5S. The molecule has 4 N–H and O–H groups in total. The van der Waals surface area contributed by atoms with E-state index in [4.69, 9.17) is 11.5 Å². The minimum absolute atomic E-state index is 0.265. The van der Waals surface area contributed by atoms with E-state index in [0.29, 0.717) is 5.84 Å². The number of thioether (sulfide) groups is 1. The number of unbranched alkanes of at least 4 members (excludes halogenated alkanes) is 8. The Morgan fingerprint density at radius 3 is 2.42 bits per heavy atom. The Kier molecular flexibility index (Phi) is 9.85. The molecule has 0 amide bonds. The molecule has 1 aliphatic heterocycles. The number of nitrogens with zero attached hydrogens (tertiary/aromatic N) is 3. The summed E-state index contributed by atoms with van der Waals surface area (Å²) in [5.74, 6) is 1.73. The molecule has 1 aromatic heterocycles.